The second-order valence-electron chi connectivity index (χ2n) is 5.66. The van der Waals surface area contributed by atoms with Crippen LogP contribution in [0.4, 0.5) is 4.79 Å². The molecule has 1 aliphatic heterocycles. The van der Waals surface area contributed by atoms with E-state index in [4.69, 9.17) is 10.1 Å². The molecule has 112 valence electrons. The number of carbonyl (C=O) groups is 1. The molecule has 0 aromatic heterocycles. The van der Waals surface area contributed by atoms with E-state index in [0.29, 0.717) is 18.9 Å². The van der Waals surface area contributed by atoms with Gasteiger partial charge in [0.1, 0.15) is 17.8 Å². The Morgan fingerprint density at radius 1 is 1.55 bits per heavy atom. The van der Waals surface area contributed by atoms with Crippen molar-refractivity contribution < 1.29 is 9.53 Å². The van der Waals surface area contributed by atoms with Crippen LogP contribution in [0.1, 0.15) is 34.1 Å². The monoisotopic (exact) mass is 281 g/mol. The van der Waals surface area contributed by atoms with E-state index in [-0.39, 0.29) is 12.1 Å². The van der Waals surface area contributed by atoms with Crippen molar-refractivity contribution in [3.8, 4) is 0 Å². The predicted molar refractivity (Wildman–Crippen MR) is 79.5 cm³/mol. The average molecular weight is 281 g/mol. The summed E-state index contributed by atoms with van der Waals surface area (Å²) < 4.78 is 5.35. The Morgan fingerprint density at radius 2 is 2.20 bits per heavy atom. The van der Waals surface area contributed by atoms with Gasteiger partial charge in [0.2, 0.25) is 0 Å². The Hall–Kier alpha value is -1.92. The minimum absolute atomic E-state index is 0.0173. The van der Waals surface area contributed by atoms with Gasteiger partial charge < -0.3 is 9.64 Å². The van der Waals surface area contributed by atoms with Crippen LogP contribution >= 0.6 is 0 Å². The lowest BCUT2D eigenvalue weighted by molar-refractivity contribution is 0.0286. The third-order valence-corrected chi connectivity index (χ3v) is 2.90. The molecule has 0 bridgehead atoms. The van der Waals surface area contributed by atoms with Crippen molar-refractivity contribution in [3.05, 3.63) is 0 Å². The zero-order valence-corrected chi connectivity index (χ0v) is 12.6. The highest BCUT2D eigenvalue weighted by molar-refractivity contribution is 5.86. The van der Waals surface area contributed by atoms with Gasteiger partial charge >= 0.3 is 6.09 Å². The van der Waals surface area contributed by atoms with Crippen molar-refractivity contribution in [2.75, 3.05) is 13.1 Å². The fraction of sp³-hybridized carbons (Fsp3) is 0.692. The zero-order valence-electron chi connectivity index (χ0n) is 12.6. The second-order valence-corrected chi connectivity index (χ2v) is 5.66. The molecule has 1 amide bonds. The first kappa shape index (κ1) is 16.1. The summed E-state index contributed by atoms with van der Waals surface area (Å²) in [4.78, 5) is 17.5. The van der Waals surface area contributed by atoms with E-state index in [9.17, 15) is 4.79 Å². The van der Waals surface area contributed by atoms with Crippen LogP contribution in [0.15, 0.2) is 10.1 Å². The lowest BCUT2D eigenvalue weighted by Gasteiger charge is -2.26. The van der Waals surface area contributed by atoms with E-state index < -0.39 is 5.60 Å². The van der Waals surface area contributed by atoms with Crippen LogP contribution in [0.25, 0.3) is 0 Å². The third-order valence-electron chi connectivity index (χ3n) is 2.90. The van der Waals surface area contributed by atoms with E-state index in [0.717, 1.165) is 12.8 Å². The number of aliphatic imine (C=N–C) groups is 1. The molecule has 1 atom stereocenters. The zero-order chi connectivity index (χ0) is 15.3. The summed E-state index contributed by atoms with van der Waals surface area (Å²) in [5.41, 5.74) is -0.497. The summed E-state index contributed by atoms with van der Waals surface area (Å²) in [6, 6.07) is 0.0173. The molecule has 0 aliphatic carbocycles. The van der Waals surface area contributed by atoms with Crippen molar-refractivity contribution in [3.63, 3.8) is 0 Å². The van der Waals surface area contributed by atoms with E-state index in [2.05, 4.69) is 16.8 Å². The molecule has 0 aromatic carbocycles. The molecule has 0 saturated carbocycles. The number of hydrazone groups is 1. The molecule has 0 radical (unpaired) electrons. The molecule has 1 rings (SSSR count). The first-order valence-corrected chi connectivity index (χ1v) is 6.55. The van der Waals surface area contributed by atoms with Gasteiger partial charge in [-0.2, -0.15) is 5.10 Å². The van der Waals surface area contributed by atoms with Gasteiger partial charge in [-0.05, 0) is 34.1 Å². The third kappa shape index (κ3) is 4.32. The van der Waals surface area contributed by atoms with Gasteiger partial charge in [0.05, 0.1) is 6.04 Å². The Balaban J connectivity index is 2.66. The molecule has 20 heavy (non-hydrogen) atoms. The van der Waals surface area contributed by atoms with Crippen LogP contribution < -0.4 is 0 Å². The quantitative estimate of drug-likeness (QED) is 0.487. The van der Waals surface area contributed by atoms with Crippen molar-refractivity contribution >= 4 is 25.0 Å². The number of likely N-dealkylation sites (tertiary alicyclic amines) is 1. The second kappa shape index (κ2) is 6.49. The summed E-state index contributed by atoms with van der Waals surface area (Å²) >= 11 is 0. The molecule has 1 aliphatic rings. The van der Waals surface area contributed by atoms with Crippen molar-refractivity contribution in [2.45, 2.75) is 45.8 Å². The summed E-state index contributed by atoms with van der Waals surface area (Å²) in [5.74, 6) is 0.589. The lowest BCUT2D eigenvalue weighted by atomic mass is 10.2. The molecule has 1 N–H and O–H groups in total. The maximum atomic E-state index is 12.0. The molecule has 0 spiro atoms. The van der Waals surface area contributed by atoms with Crippen LogP contribution in [0.3, 0.4) is 0 Å². The normalized spacial score (nSPS) is 19.7. The SMILES string of the molecule is C=NN(C(C)=NC=N)[C@@H]1CCN(C(=O)OC(C)(C)C)C1. The predicted octanol–water partition coefficient (Wildman–Crippen LogP) is 1.94. The number of hydrogen-bond donors (Lipinski definition) is 1. The minimum Gasteiger partial charge on any atom is -0.444 e. The Labute approximate surface area is 119 Å². The van der Waals surface area contributed by atoms with Crippen LogP contribution in [0.5, 0.6) is 0 Å². The van der Waals surface area contributed by atoms with Crippen molar-refractivity contribution in [1.29, 1.82) is 5.41 Å². The lowest BCUT2D eigenvalue weighted by Crippen LogP contribution is -2.40. The molecule has 0 unspecified atom stereocenters. The number of amidine groups is 1. The molecule has 1 saturated heterocycles. The van der Waals surface area contributed by atoms with E-state index in [1.165, 1.54) is 0 Å². The highest BCUT2D eigenvalue weighted by atomic mass is 16.6. The standard InChI is InChI=1S/C13H23N5O2/c1-10(16-9-14)18(15-5)11-6-7-17(8-11)12(19)20-13(2,3)4/h9,11,14H,5-8H2,1-4H3/t11-/m1/s1. The number of amides is 1. The first-order valence-electron chi connectivity index (χ1n) is 6.55. The highest BCUT2D eigenvalue weighted by Gasteiger charge is 2.33. The van der Waals surface area contributed by atoms with Crippen LogP contribution in [-0.2, 0) is 4.74 Å². The van der Waals surface area contributed by atoms with Gasteiger partial charge in [0.25, 0.3) is 0 Å². The average Bonchev–Trinajstić information content (AvgIpc) is 2.77. The van der Waals surface area contributed by atoms with E-state index >= 15 is 0 Å². The van der Waals surface area contributed by atoms with Crippen LogP contribution in [0, 0.1) is 5.41 Å². The molecule has 1 fully saturated rings. The van der Waals surface area contributed by atoms with E-state index in [1.54, 1.807) is 16.8 Å². The van der Waals surface area contributed by atoms with Gasteiger partial charge in [-0.15, -0.1) is 0 Å². The molecule has 1 heterocycles. The molecule has 7 nitrogen and oxygen atoms in total. The number of hydrogen-bond acceptors (Lipinski definition) is 4. The van der Waals surface area contributed by atoms with Gasteiger partial charge in [0, 0.05) is 19.8 Å². The Bertz CT molecular complexity index is 413. The maximum absolute atomic E-state index is 12.0. The van der Waals surface area contributed by atoms with Crippen LogP contribution in [-0.4, -0.2) is 59.6 Å². The van der Waals surface area contributed by atoms with Gasteiger partial charge in [-0.25, -0.2) is 14.8 Å². The Morgan fingerprint density at radius 3 is 2.70 bits per heavy atom. The molecular weight excluding hydrogens is 258 g/mol. The topological polar surface area (TPSA) is 81.4 Å². The molecule has 7 heteroatoms. The fourth-order valence-electron chi connectivity index (χ4n) is 2.07. The number of carbonyl (C=O) groups excluding carboxylic acids is 1. The number of ether oxygens (including phenoxy) is 1. The minimum atomic E-state index is -0.497. The fourth-order valence-corrected chi connectivity index (χ4v) is 2.07. The van der Waals surface area contributed by atoms with Crippen LogP contribution in [0.2, 0.25) is 0 Å². The number of nitrogens with zero attached hydrogens (tertiary/aromatic N) is 4. The van der Waals surface area contributed by atoms with Gasteiger partial charge in [-0.1, -0.05) is 0 Å². The summed E-state index contributed by atoms with van der Waals surface area (Å²) in [6.07, 6.45) is 1.42. The van der Waals surface area contributed by atoms with E-state index in [1.807, 2.05) is 20.8 Å². The first-order chi connectivity index (χ1) is 9.28. The highest BCUT2D eigenvalue weighted by Crippen LogP contribution is 2.19. The summed E-state index contributed by atoms with van der Waals surface area (Å²) in [6.45, 7) is 11.9. The van der Waals surface area contributed by atoms with Crippen molar-refractivity contribution in [2.24, 2.45) is 10.1 Å². The van der Waals surface area contributed by atoms with Crippen molar-refractivity contribution in [1.82, 2.24) is 9.91 Å². The summed E-state index contributed by atoms with van der Waals surface area (Å²) in [5, 5.41) is 12.6. The summed E-state index contributed by atoms with van der Waals surface area (Å²) in [7, 11) is 0. The van der Waals surface area contributed by atoms with Gasteiger partial charge in [-0.3, -0.25) is 5.41 Å². The Kier molecular flexibility index (Phi) is 5.24. The smallest absolute Gasteiger partial charge is 0.410 e. The maximum Gasteiger partial charge on any atom is 0.410 e. The largest absolute Gasteiger partial charge is 0.444 e. The molecular formula is C13H23N5O2. The van der Waals surface area contributed by atoms with Gasteiger partial charge in [0.15, 0.2) is 0 Å². The molecule has 0 aromatic rings. The number of rotatable bonds is 3. The number of nitrogens with one attached hydrogen (secondary N) is 1.